The lowest BCUT2D eigenvalue weighted by molar-refractivity contribution is 0.340. The number of aliphatic imine (C=N–C) groups is 1. The molecule has 0 bridgehead atoms. The van der Waals surface area contributed by atoms with Crippen LogP contribution in [0.3, 0.4) is 0 Å². The molecule has 0 amide bonds. The highest BCUT2D eigenvalue weighted by molar-refractivity contribution is 7.73. The molecule has 3 aromatic rings. The molecule has 0 spiro atoms. The van der Waals surface area contributed by atoms with Crippen LogP contribution in [-0.2, 0) is 0 Å². The van der Waals surface area contributed by atoms with Gasteiger partial charge in [-0.2, -0.15) is 0 Å². The Morgan fingerprint density at radius 2 is 1.93 bits per heavy atom. The summed E-state index contributed by atoms with van der Waals surface area (Å²) >= 11 is 6.88. The molecule has 0 unspecified atom stereocenters. The van der Waals surface area contributed by atoms with Crippen LogP contribution in [-0.4, -0.2) is 22.0 Å². The minimum Gasteiger partial charge on any atom is -0.494 e. The fourth-order valence-electron chi connectivity index (χ4n) is 3.11. The quantitative estimate of drug-likeness (QED) is 0.551. The average molecular weight is 395 g/mol. The lowest BCUT2D eigenvalue weighted by Gasteiger charge is -2.07. The zero-order valence-corrected chi connectivity index (χ0v) is 16.6. The fraction of sp³-hybridized carbons (Fsp3) is 0.143. The van der Waals surface area contributed by atoms with Crippen molar-refractivity contribution in [2.45, 2.75) is 13.8 Å². The Morgan fingerprint density at radius 1 is 1.19 bits per heavy atom. The molecular formula is C21H18N2O2S2. The Labute approximate surface area is 166 Å². The summed E-state index contributed by atoms with van der Waals surface area (Å²) < 4.78 is 7.74. The minimum absolute atomic E-state index is 0.138. The molecule has 27 heavy (non-hydrogen) atoms. The number of aromatic hydroxyl groups is 1. The van der Waals surface area contributed by atoms with Crippen LogP contribution in [0.1, 0.15) is 24.3 Å². The van der Waals surface area contributed by atoms with E-state index in [9.17, 15) is 5.11 Å². The number of thiazole rings is 1. The average Bonchev–Trinajstić information content (AvgIpc) is 3.13. The molecule has 0 saturated heterocycles. The predicted molar refractivity (Wildman–Crippen MR) is 114 cm³/mol. The molecule has 0 aliphatic carbocycles. The van der Waals surface area contributed by atoms with Crippen molar-refractivity contribution in [1.82, 2.24) is 4.57 Å². The SMILES string of the molecule is CCOc1ccc(-n2c(O)c(C=C3C(C)=Nc4ccccc43)sc2=S)cc1. The van der Waals surface area contributed by atoms with Crippen LogP contribution in [0.2, 0.25) is 0 Å². The number of ether oxygens (including phenoxy) is 1. The minimum atomic E-state index is 0.138. The monoisotopic (exact) mass is 394 g/mol. The number of benzene rings is 2. The molecule has 1 N–H and O–H groups in total. The zero-order chi connectivity index (χ0) is 19.0. The van der Waals surface area contributed by atoms with Crippen molar-refractivity contribution in [1.29, 1.82) is 0 Å². The van der Waals surface area contributed by atoms with E-state index in [1.165, 1.54) is 11.3 Å². The number of rotatable bonds is 4. The van der Waals surface area contributed by atoms with Crippen LogP contribution in [0, 0.1) is 3.95 Å². The fourth-order valence-corrected chi connectivity index (χ4v) is 4.40. The van der Waals surface area contributed by atoms with Gasteiger partial charge in [-0.3, -0.25) is 9.56 Å². The van der Waals surface area contributed by atoms with Gasteiger partial charge in [0.15, 0.2) is 3.95 Å². The molecule has 1 aromatic heterocycles. The number of nitrogens with zero attached hydrogens (tertiary/aromatic N) is 2. The van der Waals surface area contributed by atoms with Gasteiger partial charge >= 0.3 is 0 Å². The molecule has 0 radical (unpaired) electrons. The van der Waals surface area contributed by atoms with E-state index < -0.39 is 0 Å². The molecule has 136 valence electrons. The zero-order valence-electron chi connectivity index (χ0n) is 15.0. The molecule has 4 rings (SSSR count). The van der Waals surface area contributed by atoms with Gasteiger partial charge in [-0.15, -0.1) is 11.3 Å². The number of hydrogen-bond donors (Lipinski definition) is 1. The molecule has 0 fully saturated rings. The van der Waals surface area contributed by atoms with Crippen LogP contribution in [0.4, 0.5) is 5.69 Å². The van der Waals surface area contributed by atoms with E-state index in [4.69, 9.17) is 17.0 Å². The summed E-state index contributed by atoms with van der Waals surface area (Å²) in [7, 11) is 0. The first-order valence-electron chi connectivity index (χ1n) is 8.63. The number of para-hydroxylation sites is 1. The van der Waals surface area contributed by atoms with Gasteiger partial charge in [-0.05, 0) is 62.5 Å². The van der Waals surface area contributed by atoms with Crippen LogP contribution in [0.15, 0.2) is 53.5 Å². The molecule has 4 nitrogen and oxygen atoms in total. The first-order valence-corrected chi connectivity index (χ1v) is 9.85. The number of fused-ring (bicyclic) bond motifs is 1. The molecule has 2 heterocycles. The third-order valence-electron chi connectivity index (χ3n) is 4.37. The van der Waals surface area contributed by atoms with E-state index >= 15 is 0 Å². The molecule has 1 aliphatic heterocycles. The van der Waals surface area contributed by atoms with Crippen molar-refractivity contribution in [3.63, 3.8) is 0 Å². The second kappa shape index (κ2) is 7.13. The van der Waals surface area contributed by atoms with Gasteiger partial charge in [0.2, 0.25) is 5.88 Å². The summed E-state index contributed by atoms with van der Waals surface area (Å²) in [5.41, 5.74) is 4.77. The van der Waals surface area contributed by atoms with E-state index in [-0.39, 0.29) is 5.88 Å². The second-order valence-corrected chi connectivity index (χ2v) is 7.77. The highest BCUT2D eigenvalue weighted by atomic mass is 32.1. The normalized spacial score (nSPS) is 14.3. The summed E-state index contributed by atoms with van der Waals surface area (Å²) in [6.45, 7) is 4.54. The standard InChI is InChI=1S/C21H18N2O2S2/c1-3-25-15-10-8-14(9-11-15)23-20(24)19(27-21(23)26)12-17-13(2)22-18-7-5-4-6-16(17)18/h4-12,24H,3H2,1-2H3. The molecule has 0 saturated carbocycles. The smallest absolute Gasteiger partial charge is 0.215 e. The number of allylic oxidation sites excluding steroid dienone is 1. The first kappa shape index (κ1) is 17.7. The second-order valence-electron chi connectivity index (χ2n) is 6.09. The van der Waals surface area contributed by atoms with E-state index in [0.29, 0.717) is 10.6 Å². The van der Waals surface area contributed by atoms with E-state index in [1.807, 2.05) is 68.5 Å². The Morgan fingerprint density at radius 3 is 2.67 bits per heavy atom. The lowest BCUT2D eigenvalue weighted by atomic mass is 10.0. The van der Waals surface area contributed by atoms with Gasteiger partial charge in [0.1, 0.15) is 5.75 Å². The topological polar surface area (TPSA) is 46.8 Å². The summed E-state index contributed by atoms with van der Waals surface area (Å²) in [6, 6.07) is 15.5. The van der Waals surface area contributed by atoms with E-state index in [0.717, 1.165) is 38.8 Å². The van der Waals surface area contributed by atoms with Crippen molar-refractivity contribution in [2.75, 3.05) is 6.61 Å². The van der Waals surface area contributed by atoms with Crippen LogP contribution >= 0.6 is 23.6 Å². The Balaban J connectivity index is 1.76. The highest BCUT2D eigenvalue weighted by Crippen LogP contribution is 2.39. The van der Waals surface area contributed by atoms with E-state index in [1.54, 1.807) is 4.57 Å². The largest absolute Gasteiger partial charge is 0.494 e. The summed E-state index contributed by atoms with van der Waals surface area (Å²) in [4.78, 5) is 5.32. The van der Waals surface area contributed by atoms with Gasteiger partial charge in [-0.1, -0.05) is 18.2 Å². The van der Waals surface area contributed by atoms with Crippen molar-refractivity contribution in [2.24, 2.45) is 4.99 Å². The van der Waals surface area contributed by atoms with E-state index in [2.05, 4.69) is 4.99 Å². The Bertz CT molecular complexity index is 1120. The van der Waals surface area contributed by atoms with Crippen LogP contribution < -0.4 is 4.74 Å². The Kier molecular flexibility index (Phi) is 4.68. The summed E-state index contributed by atoms with van der Waals surface area (Å²) in [6.07, 6.45) is 1.96. The summed E-state index contributed by atoms with van der Waals surface area (Å²) in [5, 5.41) is 10.8. The maximum absolute atomic E-state index is 10.8. The van der Waals surface area contributed by atoms with Gasteiger partial charge < -0.3 is 9.84 Å². The molecular weight excluding hydrogens is 376 g/mol. The number of aromatic nitrogens is 1. The van der Waals surface area contributed by atoms with Crippen LogP contribution in [0.25, 0.3) is 17.3 Å². The third-order valence-corrected chi connectivity index (χ3v) is 5.68. The predicted octanol–water partition coefficient (Wildman–Crippen LogP) is 6.02. The van der Waals surface area contributed by atoms with Crippen LogP contribution in [0.5, 0.6) is 11.6 Å². The summed E-state index contributed by atoms with van der Waals surface area (Å²) in [5.74, 6) is 0.929. The molecule has 0 atom stereocenters. The molecule has 1 aliphatic rings. The lowest BCUT2D eigenvalue weighted by Crippen LogP contribution is -1.95. The van der Waals surface area contributed by atoms with Crippen molar-refractivity contribution < 1.29 is 9.84 Å². The van der Waals surface area contributed by atoms with Gasteiger partial charge in [0.05, 0.1) is 22.9 Å². The number of hydrogen-bond acceptors (Lipinski definition) is 5. The Hall–Kier alpha value is -2.70. The maximum Gasteiger partial charge on any atom is 0.215 e. The van der Waals surface area contributed by atoms with Crippen molar-refractivity contribution in [3.8, 4) is 17.3 Å². The highest BCUT2D eigenvalue weighted by Gasteiger charge is 2.19. The van der Waals surface area contributed by atoms with Gasteiger partial charge in [-0.25, -0.2) is 0 Å². The first-order chi connectivity index (χ1) is 13.1. The van der Waals surface area contributed by atoms with Crippen molar-refractivity contribution >= 4 is 46.6 Å². The maximum atomic E-state index is 10.8. The van der Waals surface area contributed by atoms with Gasteiger partial charge in [0.25, 0.3) is 0 Å². The van der Waals surface area contributed by atoms with Gasteiger partial charge in [0, 0.05) is 16.8 Å². The third kappa shape index (κ3) is 3.22. The molecule has 6 heteroatoms. The van der Waals surface area contributed by atoms with Crippen molar-refractivity contribution in [3.05, 3.63) is 62.9 Å². The molecule has 2 aromatic carbocycles.